The number of carbonyl (C=O) groups excluding carboxylic acids is 1. The van der Waals surface area contributed by atoms with Crippen LogP contribution in [0.25, 0.3) is 0 Å². The number of likely N-dealkylation sites (N-methyl/N-ethyl adjacent to an activating group) is 1. The summed E-state index contributed by atoms with van der Waals surface area (Å²) in [7, 11) is 2.17. The lowest BCUT2D eigenvalue weighted by molar-refractivity contribution is -0.0249. The van der Waals surface area contributed by atoms with Crippen LogP contribution in [-0.2, 0) is 12.8 Å². The van der Waals surface area contributed by atoms with Crippen molar-refractivity contribution in [1.82, 2.24) is 14.7 Å². The summed E-state index contributed by atoms with van der Waals surface area (Å²) in [5.41, 5.74) is 2.32. The minimum Gasteiger partial charge on any atom is -0.391 e. The third-order valence-corrected chi connectivity index (χ3v) is 8.78. The number of nitrogens with zero attached hydrogens (tertiary/aromatic N) is 3. The molecule has 1 aromatic heterocycles. The van der Waals surface area contributed by atoms with E-state index >= 15 is 0 Å². The zero-order valence-electron chi connectivity index (χ0n) is 17.0. The SMILES string of the molecule is CN1CCN([C@@H]2C[C@@H]3CN(C(=O)c4csc5c4CCCC5)C[C@@H]3C[C@H]2O)CC1. The molecule has 0 spiro atoms. The summed E-state index contributed by atoms with van der Waals surface area (Å²) in [5, 5.41) is 13.0. The smallest absolute Gasteiger partial charge is 0.255 e. The Balaban J connectivity index is 1.26. The minimum atomic E-state index is -0.242. The van der Waals surface area contributed by atoms with Gasteiger partial charge in [0.05, 0.1) is 11.7 Å². The molecule has 1 amide bonds. The molecule has 5 rings (SSSR count). The molecular formula is C22H33N3O2S. The highest BCUT2D eigenvalue weighted by Crippen LogP contribution is 2.40. The van der Waals surface area contributed by atoms with Crippen molar-refractivity contribution in [3.8, 4) is 0 Å². The van der Waals surface area contributed by atoms with Crippen LogP contribution in [0.5, 0.6) is 0 Å². The number of thiophene rings is 1. The highest BCUT2D eigenvalue weighted by molar-refractivity contribution is 7.10. The molecule has 1 saturated carbocycles. The van der Waals surface area contributed by atoms with Gasteiger partial charge in [0.15, 0.2) is 0 Å². The first kappa shape index (κ1) is 19.0. The van der Waals surface area contributed by atoms with Crippen LogP contribution in [0.2, 0.25) is 0 Å². The molecule has 6 heteroatoms. The van der Waals surface area contributed by atoms with Crippen LogP contribution in [0.15, 0.2) is 5.38 Å². The van der Waals surface area contributed by atoms with E-state index in [9.17, 15) is 9.90 Å². The Labute approximate surface area is 172 Å². The van der Waals surface area contributed by atoms with Gasteiger partial charge in [-0.15, -0.1) is 11.3 Å². The predicted molar refractivity (Wildman–Crippen MR) is 112 cm³/mol. The van der Waals surface area contributed by atoms with Gasteiger partial charge in [0.25, 0.3) is 5.91 Å². The van der Waals surface area contributed by atoms with Gasteiger partial charge in [-0.2, -0.15) is 0 Å². The molecule has 28 heavy (non-hydrogen) atoms. The van der Waals surface area contributed by atoms with Gasteiger partial charge >= 0.3 is 0 Å². The molecule has 2 aliphatic heterocycles. The Morgan fingerprint density at radius 1 is 1.07 bits per heavy atom. The lowest BCUT2D eigenvalue weighted by Crippen LogP contribution is -2.55. The van der Waals surface area contributed by atoms with Gasteiger partial charge in [0.2, 0.25) is 0 Å². The number of amides is 1. The molecule has 3 heterocycles. The summed E-state index contributed by atoms with van der Waals surface area (Å²) in [6.07, 6.45) is 6.36. The first-order valence-electron chi connectivity index (χ1n) is 11.1. The molecule has 3 fully saturated rings. The summed E-state index contributed by atoms with van der Waals surface area (Å²) in [6.45, 7) is 6.00. The van der Waals surface area contributed by atoms with Crippen molar-refractivity contribution in [2.45, 2.75) is 50.7 Å². The second kappa shape index (κ2) is 7.71. The van der Waals surface area contributed by atoms with E-state index in [1.165, 1.54) is 23.3 Å². The maximum atomic E-state index is 13.3. The van der Waals surface area contributed by atoms with Crippen molar-refractivity contribution in [2.75, 3.05) is 46.3 Å². The second-order valence-electron chi connectivity index (χ2n) is 9.43. The van der Waals surface area contributed by atoms with Crippen LogP contribution in [0.4, 0.5) is 0 Å². The van der Waals surface area contributed by atoms with Crippen molar-refractivity contribution < 1.29 is 9.90 Å². The van der Waals surface area contributed by atoms with E-state index in [0.29, 0.717) is 11.8 Å². The van der Waals surface area contributed by atoms with Gasteiger partial charge in [0.1, 0.15) is 0 Å². The van der Waals surface area contributed by atoms with Gasteiger partial charge in [-0.3, -0.25) is 9.69 Å². The van der Waals surface area contributed by atoms with Crippen LogP contribution in [0.1, 0.15) is 46.5 Å². The van der Waals surface area contributed by atoms with E-state index in [4.69, 9.17) is 0 Å². The van der Waals surface area contributed by atoms with Gasteiger partial charge in [-0.1, -0.05) is 0 Å². The first-order chi connectivity index (χ1) is 13.6. The summed E-state index contributed by atoms with van der Waals surface area (Å²) in [6, 6.07) is 0.277. The van der Waals surface area contributed by atoms with Crippen LogP contribution in [0, 0.1) is 11.8 Å². The average Bonchev–Trinajstić information content (AvgIpc) is 3.31. The number of hydrogen-bond acceptors (Lipinski definition) is 5. The molecule has 154 valence electrons. The summed E-state index contributed by atoms with van der Waals surface area (Å²) in [5.74, 6) is 1.27. The zero-order chi connectivity index (χ0) is 19.3. The fourth-order valence-electron chi connectivity index (χ4n) is 5.96. The van der Waals surface area contributed by atoms with Crippen molar-refractivity contribution >= 4 is 17.2 Å². The quantitative estimate of drug-likeness (QED) is 0.821. The highest BCUT2D eigenvalue weighted by atomic mass is 32.1. The Hall–Kier alpha value is -0.950. The molecule has 0 aromatic carbocycles. The maximum absolute atomic E-state index is 13.3. The monoisotopic (exact) mass is 403 g/mol. The van der Waals surface area contributed by atoms with Crippen molar-refractivity contribution in [2.24, 2.45) is 11.8 Å². The van der Waals surface area contributed by atoms with E-state index < -0.39 is 0 Å². The summed E-state index contributed by atoms with van der Waals surface area (Å²) < 4.78 is 0. The molecule has 2 aliphatic carbocycles. The summed E-state index contributed by atoms with van der Waals surface area (Å²) >= 11 is 1.79. The molecule has 0 unspecified atom stereocenters. The molecular weight excluding hydrogens is 370 g/mol. The molecule has 4 aliphatic rings. The molecule has 4 atom stereocenters. The molecule has 0 radical (unpaired) electrons. The van der Waals surface area contributed by atoms with E-state index in [1.54, 1.807) is 11.3 Å². The first-order valence-corrected chi connectivity index (χ1v) is 12.0. The third kappa shape index (κ3) is 3.42. The highest BCUT2D eigenvalue weighted by Gasteiger charge is 2.45. The van der Waals surface area contributed by atoms with Crippen molar-refractivity contribution in [3.63, 3.8) is 0 Å². The van der Waals surface area contributed by atoms with Crippen molar-refractivity contribution in [1.29, 1.82) is 0 Å². The van der Waals surface area contributed by atoms with E-state index in [0.717, 1.165) is 70.5 Å². The lowest BCUT2D eigenvalue weighted by Gasteiger charge is -2.44. The zero-order valence-corrected chi connectivity index (χ0v) is 17.8. The van der Waals surface area contributed by atoms with E-state index in [1.807, 2.05) is 0 Å². The lowest BCUT2D eigenvalue weighted by atomic mass is 9.77. The summed E-state index contributed by atoms with van der Waals surface area (Å²) in [4.78, 5) is 21.7. The van der Waals surface area contributed by atoms with Crippen molar-refractivity contribution in [3.05, 3.63) is 21.4 Å². The normalized spacial score (nSPS) is 34.3. The largest absolute Gasteiger partial charge is 0.391 e. The molecule has 1 aromatic rings. The number of likely N-dealkylation sites (tertiary alicyclic amines) is 1. The molecule has 5 nitrogen and oxygen atoms in total. The Bertz CT molecular complexity index is 727. The number of aliphatic hydroxyl groups is 1. The molecule has 2 saturated heterocycles. The van der Waals surface area contributed by atoms with Gasteiger partial charge in [-0.25, -0.2) is 0 Å². The predicted octanol–water partition coefficient (Wildman–Crippen LogP) is 2.09. The minimum absolute atomic E-state index is 0.242. The number of piperazine rings is 1. The van der Waals surface area contributed by atoms with Crippen LogP contribution in [-0.4, -0.2) is 84.2 Å². The number of carbonyl (C=O) groups is 1. The Morgan fingerprint density at radius 2 is 1.79 bits per heavy atom. The number of aryl methyl sites for hydroxylation is 1. The standard InChI is InChI=1S/C22H33N3O2S/c1-23-6-8-24(9-7-23)19-10-15-12-25(13-16(15)11-20(19)26)22(27)18-14-28-21-5-3-2-4-17(18)21/h14-16,19-20,26H,2-13H2,1H3/t15-,16+,19-,20-/m1/s1. The topological polar surface area (TPSA) is 47.0 Å². The van der Waals surface area contributed by atoms with Gasteiger partial charge in [-0.05, 0) is 63.0 Å². The number of aliphatic hydroxyl groups excluding tert-OH is 1. The second-order valence-corrected chi connectivity index (χ2v) is 10.4. The van der Waals surface area contributed by atoms with Crippen LogP contribution < -0.4 is 0 Å². The number of hydrogen-bond donors (Lipinski definition) is 1. The van der Waals surface area contributed by atoms with Gasteiger partial charge in [0, 0.05) is 55.6 Å². The average molecular weight is 404 g/mol. The van der Waals surface area contributed by atoms with Crippen LogP contribution in [0.3, 0.4) is 0 Å². The van der Waals surface area contributed by atoms with E-state index in [-0.39, 0.29) is 18.1 Å². The number of fused-ring (bicyclic) bond motifs is 2. The fraction of sp³-hybridized carbons (Fsp3) is 0.773. The molecule has 1 N–H and O–H groups in total. The van der Waals surface area contributed by atoms with E-state index in [2.05, 4.69) is 27.1 Å². The van der Waals surface area contributed by atoms with Gasteiger partial charge < -0.3 is 14.9 Å². The number of rotatable bonds is 2. The van der Waals surface area contributed by atoms with Crippen LogP contribution >= 0.6 is 11.3 Å². The Kier molecular flexibility index (Phi) is 5.24. The molecule has 0 bridgehead atoms. The maximum Gasteiger partial charge on any atom is 0.255 e. The fourth-order valence-corrected chi connectivity index (χ4v) is 7.08. The third-order valence-electron chi connectivity index (χ3n) is 7.69. The Morgan fingerprint density at radius 3 is 2.57 bits per heavy atom.